The Kier molecular flexibility index (Phi) is 8.68. The van der Waals surface area contributed by atoms with Crippen LogP contribution >= 0.6 is 0 Å². The van der Waals surface area contributed by atoms with Crippen molar-refractivity contribution in [3.05, 3.63) is 121 Å². The quantitative estimate of drug-likeness (QED) is 0.113. The van der Waals surface area contributed by atoms with E-state index in [1.54, 1.807) is 36.4 Å². The number of hydrogen-bond donors (Lipinski definition) is 0. The summed E-state index contributed by atoms with van der Waals surface area (Å²) in [5, 5.41) is 1.58. The third-order valence-electron chi connectivity index (χ3n) is 5.36. The zero-order valence-corrected chi connectivity index (χ0v) is 21.0. The highest BCUT2D eigenvalue weighted by molar-refractivity contribution is 5.97. The molecule has 0 radical (unpaired) electrons. The lowest BCUT2D eigenvalue weighted by atomic mass is 10.1. The van der Waals surface area contributed by atoms with Gasteiger partial charge in [-0.15, -0.1) is 0 Å². The molecule has 40 heavy (non-hydrogen) atoms. The van der Waals surface area contributed by atoms with Crippen LogP contribution in [0.1, 0.15) is 20.7 Å². The van der Waals surface area contributed by atoms with Crippen LogP contribution < -0.4 is 18.9 Å². The van der Waals surface area contributed by atoms with E-state index in [1.807, 2.05) is 0 Å². The van der Waals surface area contributed by atoms with Crippen molar-refractivity contribution >= 4 is 34.6 Å². The van der Waals surface area contributed by atoms with Crippen LogP contribution in [0, 0.1) is 0 Å². The van der Waals surface area contributed by atoms with E-state index in [9.17, 15) is 19.2 Å². The molecule has 0 unspecified atom stereocenters. The van der Waals surface area contributed by atoms with Crippen molar-refractivity contribution in [1.82, 2.24) is 0 Å². The summed E-state index contributed by atoms with van der Waals surface area (Å²) in [7, 11) is 0. The van der Waals surface area contributed by atoms with Crippen molar-refractivity contribution in [2.75, 3.05) is 6.79 Å². The number of benzene rings is 4. The summed E-state index contributed by atoms with van der Waals surface area (Å²) < 4.78 is 26.0. The van der Waals surface area contributed by atoms with Gasteiger partial charge in [-0.2, -0.15) is 0 Å². The van der Waals surface area contributed by atoms with Crippen LogP contribution in [0.25, 0.3) is 10.8 Å². The molecule has 0 bridgehead atoms. The van der Waals surface area contributed by atoms with Crippen LogP contribution in [0.2, 0.25) is 0 Å². The molecule has 0 saturated heterocycles. The van der Waals surface area contributed by atoms with Gasteiger partial charge in [-0.3, -0.25) is 0 Å². The van der Waals surface area contributed by atoms with E-state index in [1.165, 1.54) is 48.5 Å². The Balaban J connectivity index is 1.33. The largest absolute Gasteiger partial charge is 0.457 e. The van der Waals surface area contributed by atoms with Gasteiger partial charge >= 0.3 is 23.9 Å². The fourth-order valence-electron chi connectivity index (χ4n) is 3.38. The van der Waals surface area contributed by atoms with Crippen molar-refractivity contribution in [1.29, 1.82) is 0 Å². The van der Waals surface area contributed by atoms with E-state index in [-0.39, 0.29) is 29.6 Å². The molecule has 0 aliphatic rings. The first-order valence-electron chi connectivity index (χ1n) is 11.8. The molecule has 0 aliphatic carbocycles. The van der Waals surface area contributed by atoms with Gasteiger partial charge in [-0.05, 0) is 83.6 Å². The summed E-state index contributed by atoms with van der Waals surface area (Å²) in [4.78, 5) is 47.5. The molecule has 0 aromatic heterocycles. The summed E-state index contributed by atoms with van der Waals surface area (Å²) in [5.41, 5.74) is 0.582. The molecule has 0 spiro atoms. The Labute approximate surface area is 228 Å². The molecule has 0 atom stereocenters. The van der Waals surface area contributed by atoms with Crippen LogP contribution in [0.4, 0.5) is 0 Å². The van der Waals surface area contributed by atoms with E-state index in [0.717, 1.165) is 22.9 Å². The summed E-state index contributed by atoms with van der Waals surface area (Å²) in [6, 6.07) is 22.1. The van der Waals surface area contributed by atoms with E-state index in [0.29, 0.717) is 11.3 Å². The molecular weight excluding hydrogens is 516 g/mol. The Hall–Kier alpha value is -5.70. The van der Waals surface area contributed by atoms with Gasteiger partial charge in [0.25, 0.3) is 0 Å². The highest BCUT2D eigenvalue weighted by atomic mass is 16.7. The van der Waals surface area contributed by atoms with Gasteiger partial charge < -0.3 is 23.7 Å². The molecule has 4 rings (SSSR count). The highest BCUT2D eigenvalue weighted by Crippen LogP contribution is 2.24. The number of carbonyl (C=O) groups is 4. The topological polar surface area (TPSA) is 114 Å². The molecule has 4 aromatic rings. The molecule has 0 saturated carbocycles. The molecule has 0 fully saturated rings. The van der Waals surface area contributed by atoms with E-state index in [2.05, 4.69) is 13.2 Å². The van der Waals surface area contributed by atoms with Crippen LogP contribution in [0.15, 0.2) is 110 Å². The minimum atomic E-state index is -0.617. The first-order valence-corrected chi connectivity index (χ1v) is 11.8. The van der Waals surface area contributed by atoms with Crippen molar-refractivity contribution in [2.24, 2.45) is 0 Å². The van der Waals surface area contributed by atoms with Crippen molar-refractivity contribution in [3.63, 3.8) is 0 Å². The summed E-state index contributed by atoms with van der Waals surface area (Å²) in [5.74, 6) is -1.12. The maximum Gasteiger partial charge on any atom is 0.343 e. The van der Waals surface area contributed by atoms with Crippen LogP contribution in [-0.2, 0) is 14.3 Å². The van der Waals surface area contributed by atoms with E-state index >= 15 is 0 Å². The second-order valence-electron chi connectivity index (χ2n) is 8.05. The molecule has 0 aliphatic heterocycles. The lowest BCUT2D eigenvalue weighted by Gasteiger charge is -2.09. The average Bonchev–Trinajstić information content (AvgIpc) is 2.98. The smallest absolute Gasteiger partial charge is 0.343 e. The lowest BCUT2D eigenvalue weighted by Crippen LogP contribution is -2.10. The number of esters is 4. The van der Waals surface area contributed by atoms with Gasteiger partial charge in [0.1, 0.15) is 23.0 Å². The van der Waals surface area contributed by atoms with E-state index < -0.39 is 23.9 Å². The zero-order chi connectivity index (χ0) is 28.5. The fraction of sp³-hybridized carbons (Fsp3) is 0.0323. The summed E-state index contributed by atoms with van der Waals surface area (Å²) in [6.07, 6.45) is 2.08. The number of hydrogen-bond acceptors (Lipinski definition) is 9. The molecule has 0 N–H and O–H groups in total. The maximum atomic E-state index is 12.7. The number of fused-ring (bicyclic) bond motifs is 1. The predicted octanol–water partition coefficient (Wildman–Crippen LogP) is 5.44. The van der Waals surface area contributed by atoms with Crippen LogP contribution in [0.5, 0.6) is 23.0 Å². The molecular formula is C31H22O9. The average molecular weight is 539 g/mol. The molecule has 0 heterocycles. The Morgan fingerprint density at radius 1 is 0.550 bits per heavy atom. The third kappa shape index (κ3) is 7.20. The van der Waals surface area contributed by atoms with Crippen molar-refractivity contribution in [2.45, 2.75) is 0 Å². The third-order valence-corrected chi connectivity index (χ3v) is 5.36. The lowest BCUT2D eigenvalue weighted by molar-refractivity contribution is -0.144. The van der Waals surface area contributed by atoms with Gasteiger partial charge in [0.2, 0.25) is 6.79 Å². The molecule has 9 heteroatoms. The first kappa shape index (κ1) is 27.3. The second kappa shape index (κ2) is 12.7. The standard InChI is InChI=1S/C31H22O9/c1-3-28(32)37-19-36-27-12-9-21-17-23(6-5-22(21)18-27)31(35)40-26-15-13-25(14-16-26)39-30(34)20-7-10-24(11-8-20)38-29(33)4-2/h3-18H,1-2,19H2. The number of carbonyl (C=O) groups excluding carboxylic acids is 4. The van der Waals surface area contributed by atoms with Gasteiger partial charge in [0.05, 0.1) is 11.1 Å². The van der Waals surface area contributed by atoms with Gasteiger partial charge in [0, 0.05) is 12.2 Å². The first-order chi connectivity index (χ1) is 19.3. The molecule has 4 aromatic carbocycles. The Bertz CT molecular complexity index is 1590. The van der Waals surface area contributed by atoms with Crippen molar-refractivity contribution < 1.29 is 42.9 Å². The van der Waals surface area contributed by atoms with E-state index in [4.69, 9.17) is 23.7 Å². The van der Waals surface area contributed by atoms with Crippen LogP contribution in [0.3, 0.4) is 0 Å². The predicted molar refractivity (Wildman–Crippen MR) is 144 cm³/mol. The molecule has 200 valence electrons. The maximum absolute atomic E-state index is 12.7. The second-order valence-corrected chi connectivity index (χ2v) is 8.05. The molecule has 9 nitrogen and oxygen atoms in total. The normalized spacial score (nSPS) is 10.2. The van der Waals surface area contributed by atoms with Gasteiger partial charge in [-0.1, -0.05) is 25.3 Å². The monoisotopic (exact) mass is 538 g/mol. The number of ether oxygens (including phenoxy) is 5. The van der Waals surface area contributed by atoms with Gasteiger partial charge in [0.15, 0.2) is 0 Å². The fourth-order valence-corrected chi connectivity index (χ4v) is 3.38. The Morgan fingerprint density at radius 2 is 1.02 bits per heavy atom. The minimum Gasteiger partial charge on any atom is -0.457 e. The summed E-state index contributed by atoms with van der Waals surface area (Å²) in [6.45, 7) is 6.38. The van der Waals surface area contributed by atoms with Gasteiger partial charge in [-0.25, -0.2) is 19.2 Å². The minimum absolute atomic E-state index is 0.245. The SMILES string of the molecule is C=CC(=O)OCOc1ccc2cc(C(=O)Oc3ccc(OC(=O)c4ccc(OC(=O)C=C)cc4)cc3)ccc2c1. The highest BCUT2D eigenvalue weighted by Gasteiger charge is 2.13. The molecule has 0 amide bonds. The van der Waals surface area contributed by atoms with Crippen molar-refractivity contribution in [3.8, 4) is 23.0 Å². The Morgan fingerprint density at radius 3 is 1.65 bits per heavy atom. The van der Waals surface area contributed by atoms with Crippen LogP contribution in [-0.4, -0.2) is 30.7 Å². The number of rotatable bonds is 10. The zero-order valence-electron chi connectivity index (χ0n) is 21.0. The summed E-state index contributed by atoms with van der Waals surface area (Å²) >= 11 is 0.